The number of aromatic nitrogens is 1. The summed E-state index contributed by atoms with van der Waals surface area (Å²) >= 11 is 0. The molecule has 0 bridgehead atoms. The standard InChI is InChI=1S/C26H26F3N3O3/c1-16(32-25(33)19-8-10-31-24(12-19)35-22-9-11-34-15-22)17-2-4-18(5-3-17)23-13-21(26(27,28)29)7-6-20(23)14-30/h2-8,10,12-13,16,22H,9,11,14-15,30H2,1H3,(H,32,33)/t16-,22?/m1/s1. The van der Waals surface area contributed by atoms with Gasteiger partial charge >= 0.3 is 6.18 Å². The van der Waals surface area contributed by atoms with E-state index in [1.165, 1.54) is 12.3 Å². The second-order valence-electron chi connectivity index (χ2n) is 8.38. The van der Waals surface area contributed by atoms with E-state index in [1.54, 1.807) is 36.4 Å². The van der Waals surface area contributed by atoms with Gasteiger partial charge in [-0.3, -0.25) is 4.79 Å². The van der Waals surface area contributed by atoms with Gasteiger partial charge in [0.25, 0.3) is 5.91 Å². The predicted molar refractivity (Wildman–Crippen MR) is 125 cm³/mol. The molecule has 2 heterocycles. The number of pyridine rings is 1. The zero-order chi connectivity index (χ0) is 25.0. The Morgan fingerprint density at radius 3 is 2.63 bits per heavy atom. The average Bonchev–Trinajstić information content (AvgIpc) is 3.36. The maximum atomic E-state index is 13.2. The summed E-state index contributed by atoms with van der Waals surface area (Å²) in [6, 6.07) is 13.4. The van der Waals surface area contributed by atoms with Gasteiger partial charge in [-0.2, -0.15) is 13.2 Å². The van der Waals surface area contributed by atoms with E-state index in [4.69, 9.17) is 15.2 Å². The van der Waals surface area contributed by atoms with Crippen LogP contribution in [0, 0.1) is 0 Å². The smallest absolute Gasteiger partial charge is 0.416 e. The molecule has 2 atom stereocenters. The number of carbonyl (C=O) groups excluding carboxylic acids is 1. The van der Waals surface area contributed by atoms with E-state index in [9.17, 15) is 18.0 Å². The van der Waals surface area contributed by atoms with Crippen LogP contribution in [0.25, 0.3) is 11.1 Å². The van der Waals surface area contributed by atoms with Crippen LogP contribution < -0.4 is 15.8 Å². The van der Waals surface area contributed by atoms with Crippen LogP contribution in [0.3, 0.4) is 0 Å². The SMILES string of the molecule is C[C@@H](NC(=O)c1ccnc(OC2CCOC2)c1)c1ccc(-c2cc(C(F)(F)F)ccc2CN)cc1. The second kappa shape index (κ2) is 10.5. The molecule has 9 heteroatoms. The summed E-state index contributed by atoms with van der Waals surface area (Å²) < 4.78 is 50.6. The molecule has 3 aromatic rings. The Morgan fingerprint density at radius 2 is 1.97 bits per heavy atom. The van der Waals surface area contributed by atoms with Gasteiger partial charge in [-0.05, 0) is 47.4 Å². The molecule has 6 nitrogen and oxygen atoms in total. The van der Waals surface area contributed by atoms with Gasteiger partial charge in [-0.1, -0.05) is 30.3 Å². The third-order valence-electron chi connectivity index (χ3n) is 5.90. The number of alkyl halides is 3. The molecular formula is C26H26F3N3O3. The van der Waals surface area contributed by atoms with Crippen molar-refractivity contribution in [3.8, 4) is 17.0 Å². The highest BCUT2D eigenvalue weighted by Gasteiger charge is 2.31. The van der Waals surface area contributed by atoms with Crippen LogP contribution in [0.15, 0.2) is 60.8 Å². The summed E-state index contributed by atoms with van der Waals surface area (Å²) in [6.45, 7) is 3.09. The molecule has 2 aromatic carbocycles. The van der Waals surface area contributed by atoms with E-state index in [-0.39, 0.29) is 24.6 Å². The number of carbonyl (C=O) groups is 1. The first-order valence-corrected chi connectivity index (χ1v) is 11.3. The van der Waals surface area contributed by atoms with Crippen molar-refractivity contribution < 1.29 is 27.4 Å². The van der Waals surface area contributed by atoms with Crippen molar-refractivity contribution in [3.05, 3.63) is 83.0 Å². The zero-order valence-corrected chi connectivity index (χ0v) is 19.1. The van der Waals surface area contributed by atoms with Crippen LogP contribution in [-0.2, 0) is 17.5 Å². The molecule has 0 aliphatic carbocycles. The Morgan fingerprint density at radius 1 is 1.20 bits per heavy atom. The fraction of sp³-hybridized carbons (Fsp3) is 0.308. The van der Waals surface area contributed by atoms with Gasteiger partial charge in [0.1, 0.15) is 6.10 Å². The van der Waals surface area contributed by atoms with Crippen LogP contribution in [0.5, 0.6) is 5.88 Å². The topological polar surface area (TPSA) is 86.5 Å². The second-order valence-corrected chi connectivity index (χ2v) is 8.38. The van der Waals surface area contributed by atoms with E-state index >= 15 is 0 Å². The first kappa shape index (κ1) is 24.7. The quantitative estimate of drug-likeness (QED) is 0.498. The summed E-state index contributed by atoms with van der Waals surface area (Å²) in [5, 5.41) is 2.93. The Kier molecular flexibility index (Phi) is 7.37. The Bertz CT molecular complexity index is 1180. The maximum Gasteiger partial charge on any atom is 0.416 e. The fourth-order valence-electron chi connectivity index (χ4n) is 3.91. The summed E-state index contributed by atoms with van der Waals surface area (Å²) in [4.78, 5) is 16.9. The van der Waals surface area contributed by atoms with Crippen molar-refractivity contribution in [2.45, 2.75) is 38.2 Å². The predicted octanol–water partition coefficient (Wildman–Crippen LogP) is 4.88. The van der Waals surface area contributed by atoms with Crippen LogP contribution in [0.2, 0.25) is 0 Å². The first-order chi connectivity index (χ1) is 16.7. The molecule has 1 unspecified atom stereocenters. The number of nitrogens with two attached hydrogens (primary N) is 1. The summed E-state index contributed by atoms with van der Waals surface area (Å²) in [7, 11) is 0. The number of ether oxygens (including phenoxy) is 2. The van der Waals surface area contributed by atoms with Crippen molar-refractivity contribution in [2.75, 3.05) is 13.2 Å². The number of nitrogens with zero attached hydrogens (tertiary/aromatic N) is 1. The lowest BCUT2D eigenvalue weighted by molar-refractivity contribution is -0.137. The van der Waals surface area contributed by atoms with Crippen molar-refractivity contribution in [1.29, 1.82) is 0 Å². The number of hydrogen-bond acceptors (Lipinski definition) is 5. The van der Waals surface area contributed by atoms with Crippen LogP contribution in [0.4, 0.5) is 13.2 Å². The lowest BCUT2D eigenvalue weighted by Gasteiger charge is -2.17. The summed E-state index contributed by atoms with van der Waals surface area (Å²) in [5.74, 6) is 0.0711. The molecular weight excluding hydrogens is 459 g/mol. The third-order valence-corrected chi connectivity index (χ3v) is 5.90. The number of benzene rings is 2. The van der Waals surface area contributed by atoms with E-state index in [0.29, 0.717) is 41.3 Å². The summed E-state index contributed by atoms with van der Waals surface area (Å²) in [5.41, 5.74) is 7.90. The largest absolute Gasteiger partial charge is 0.472 e. The van der Waals surface area contributed by atoms with Gasteiger partial charge in [-0.15, -0.1) is 0 Å². The minimum absolute atomic E-state index is 0.0742. The molecule has 1 saturated heterocycles. The monoisotopic (exact) mass is 485 g/mol. The average molecular weight is 486 g/mol. The molecule has 3 N–H and O–H groups in total. The lowest BCUT2D eigenvalue weighted by atomic mass is 9.95. The van der Waals surface area contributed by atoms with Crippen molar-refractivity contribution in [1.82, 2.24) is 10.3 Å². The first-order valence-electron chi connectivity index (χ1n) is 11.3. The van der Waals surface area contributed by atoms with Crippen LogP contribution >= 0.6 is 0 Å². The Balaban J connectivity index is 1.46. The highest BCUT2D eigenvalue weighted by atomic mass is 19.4. The molecule has 1 amide bonds. The molecule has 1 aliphatic rings. The van der Waals surface area contributed by atoms with Crippen molar-refractivity contribution in [2.24, 2.45) is 5.73 Å². The van der Waals surface area contributed by atoms with Gasteiger partial charge in [0.05, 0.1) is 24.8 Å². The summed E-state index contributed by atoms with van der Waals surface area (Å²) in [6.07, 6.45) is -2.22. The minimum atomic E-state index is -4.44. The van der Waals surface area contributed by atoms with Crippen molar-refractivity contribution in [3.63, 3.8) is 0 Å². The van der Waals surface area contributed by atoms with E-state index in [2.05, 4.69) is 10.3 Å². The molecule has 1 fully saturated rings. The number of halogens is 3. The molecule has 184 valence electrons. The van der Waals surface area contributed by atoms with Gasteiger partial charge in [0.15, 0.2) is 0 Å². The zero-order valence-electron chi connectivity index (χ0n) is 19.1. The minimum Gasteiger partial charge on any atom is -0.472 e. The van der Waals surface area contributed by atoms with Gasteiger partial charge in [-0.25, -0.2) is 4.98 Å². The van der Waals surface area contributed by atoms with E-state index < -0.39 is 11.7 Å². The van der Waals surface area contributed by atoms with Crippen molar-refractivity contribution >= 4 is 5.91 Å². The highest BCUT2D eigenvalue weighted by molar-refractivity contribution is 5.94. The molecule has 1 aromatic heterocycles. The number of hydrogen-bond donors (Lipinski definition) is 2. The number of amides is 1. The van der Waals surface area contributed by atoms with E-state index in [0.717, 1.165) is 24.1 Å². The normalized spacial score (nSPS) is 16.7. The van der Waals surface area contributed by atoms with Gasteiger partial charge < -0.3 is 20.5 Å². The van der Waals surface area contributed by atoms with Crippen LogP contribution in [0.1, 0.15) is 46.4 Å². The highest BCUT2D eigenvalue weighted by Crippen LogP contribution is 2.34. The van der Waals surface area contributed by atoms with E-state index in [1.807, 2.05) is 6.92 Å². The number of nitrogens with one attached hydrogen (secondary N) is 1. The van der Waals surface area contributed by atoms with Crippen LogP contribution in [-0.4, -0.2) is 30.2 Å². The Labute approximate surface area is 201 Å². The maximum absolute atomic E-state index is 13.2. The third kappa shape index (κ3) is 5.98. The number of rotatable bonds is 7. The van der Waals surface area contributed by atoms with Gasteiger partial charge in [0, 0.05) is 30.8 Å². The van der Waals surface area contributed by atoms with Gasteiger partial charge in [0.2, 0.25) is 5.88 Å². The molecule has 35 heavy (non-hydrogen) atoms. The molecule has 0 spiro atoms. The Hall–Kier alpha value is -3.43. The molecule has 4 rings (SSSR count). The fourth-order valence-corrected chi connectivity index (χ4v) is 3.91. The molecule has 1 aliphatic heterocycles. The molecule has 0 radical (unpaired) electrons. The lowest BCUT2D eigenvalue weighted by Crippen LogP contribution is -2.26. The molecule has 0 saturated carbocycles.